The average molecular weight is 272 g/mol. The van der Waals surface area contributed by atoms with Crippen molar-refractivity contribution in [1.29, 1.82) is 0 Å². The third kappa shape index (κ3) is 4.29. The van der Waals surface area contributed by atoms with Crippen LogP contribution in [0.3, 0.4) is 0 Å². The lowest BCUT2D eigenvalue weighted by atomic mass is 10.2. The van der Waals surface area contributed by atoms with E-state index in [1.165, 1.54) is 0 Å². The molecule has 0 unspecified atom stereocenters. The zero-order valence-electron chi connectivity index (χ0n) is 11.6. The van der Waals surface area contributed by atoms with E-state index >= 15 is 0 Å². The highest BCUT2D eigenvalue weighted by atomic mass is 16.6. The third-order valence-corrected chi connectivity index (χ3v) is 3.37. The minimum atomic E-state index is -0.239. The Morgan fingerprint density at radius 2 is 2.00 bits per heavy atom. The van der Waals surface area contributed by atoms with Gasteiger partial charge in [0.2, 0.25) is 0 Å². The van der Waals surface area contributed by atoms with Gasteiger partial charge in [-0.05, 0) is 12.0 Å². The standard InChI is InChI=1S/C16H20N2O2/c1-2-9-17-10-6-11-18(13-12-17)16(19)20-14-15-7-4-3-5-8-15/h1,3-5,7-8H,6,9-14H2. The van der Waals surface area contributed by atoms with E-state index in [4.69, 9.17) is 11.2 Å². The van der Waals surface area contributed by atoms with Crippen LogP contribution in [0.4, 0.5) is 4.79 Å². The molecule has 1 fully saturated rings. The summed E-state index contributed by atoms with van der Waals surface area (Å²) in [5.41, 5.74) is 1.00. The lowest BCUT2D eigenvalue weighted by molar-refractivity contribution is 0.0975. The Morgan fingerprint density at radius 1 is 1.20 bits per heavy atom. The smallest absolute Gasteiger partial charge is 0.410 e. The van der Waals surface area contributed by atoms with Gasteiger partial charge in [0.05, 0.1) is 6.54 Å². The van der Waals surface area contributed by atoms with E-state index in [0.717, 1.165) is 31.6 Å². The van der Waals surface area contributed by atoms with Gasteiger partial charge in [0.15, 0.2) is 0 Å². The molecule has 4 heteroatoms. The van der Waals surface area contributed by atoms with Crippen molar-refractivity contribution in [2.75, 3.05) is 32.7 Å². The number of amides is 1. The van der Waals surface area contributed by atoms with Crippen LogP contribution in [0.15, 0.2) is 30.3 Å². The van der Waals surface area contributed by atoms with E-state index in [1.807, 2.05) is 30.3 Å². The van der Waals surface area contributed by atoms with Gasteiger partial charge < -0.3 is 9.64 Å². The summed E-state index contributed by atoms with van der Waals surface area (Å²) in [5.74, 6) is 2.65. The predicted octanol–water partition coefficient (Wildman–Crippen LogP) is 1.96. The molecule has 0 atom stereocenters. The van der Waals surface area contributed by atoms with Gasteiger partial charge in [-0.1, -0.05) is 36.3 Å². The summed E-state index contributed by atoms with van der Waals surface area (Å²) < 4.78 is 5.35. The van der Waals surface area contributed by atoms with Gasteiger partial charge in [-0.2, -0.15) is 0 Å². The van der Waals surface area contributed by atoms with Crippen molar-refractivity contribution in [3.05, 3.63) is 35.9 Å². The van der Waals surface area contributed by atoms with Crippen LogP contribution in [0.5, 0.6) is 0 Å². The molecule has 106 valence electrons. The summed E-state index contributed by atoms with van der Waals surface area (Å²) >= 11 is 0. The van der Waals surface area contributed by atoms with Crippen molar-refractivity contribution in [1.82, 2.24) is 9.80 Å². The van der Waals surface area contributed by atoms with Crippen molar-refractivity contribution in [3.63, 3.8) is 0 Å². The first-order valence-electron chi connectivity index (χ1n) is 6.91. The Kier molecular flexibility index (Phi) is 5.45. The summed E-state index contributed by atoms with van der Waals surface area (Å²) in [7, 11) is 0. The minimum Gasteiger partial charge on any atom is -0.445 e. The highest BCUT2D eigenvalue weighted by molar-refractivity contribution is 5.67. The van der Waals surface area contributed by atoms with Gasteiger partial charge in [0.1, 0.15) is 6.61 Å². The number of carbonyl (C=O) groups excluding carboxylic acids is 1. The lowest BCUT2D eigenvalue weighted by Crippen LogP contribution is -2.35. The molecule has 2 rings (SSSR count). The first-order chi connectivity index (χ1) is 9.79. The molecule has 4 nitrogen and oxygen atoms in total. The van der Waals surface area contributed by atoms with Crippen molar-refractivity contribution in [2.45, 2.75) is 13.0 Å². The van der Waals surface area contributed by atoms with Gasteiger partial charge in [-0.3, -0.25) is 4.90 Å². The van der Waals surface area contributed by atoms with Gasteiger partial charge in [0, 0.05) is 26.2 Å². The molecule has 1 saturated heterocycles. The van der Waals surface area contributed by atoms with Crippen molar-refractivity contribution < 1.29 is 9.53 Å². The largest absolute Gasteiger partial charge is 0.445 e. The zero-order chi connectivity index (χ0) is 14.2. The Morgan fingerprint density at radius 3 is 2.75 bits per heavy atom. The average Bonchev–Trinajstić information content (AvgIpc) is 2.72. The Hall–Kier alpha value is -1.99. The monoisotopic (exact) mass is 272 g/mol. The minimum absolute atomic E-state index is 0.239. The molecule has 0 aliphatic carbocycles. The number of benzene rings is 1. The fourth-order valence-electron chi connectivity index (χ4n) is 2.25. The maximum Gasteiger partial charge on any atom is 0.410 e. The highest BCUT2D eigenvalue weighted by Gasteiger charge is 2.19. The first-order valence-corrected chi connectivity index (χ1v) is 6.91. The SMILES string of the molecule is C#CCN1CCCN(C(=O)OCc2ccccc2)CC1. The molecule has 20 heavy (non-hydrogen) atoms. The fourth-order valence-corrected chi connectivity index (χ4v) is 2.25. The van der Waals surface area contributed by atoms with Gasteiger partial charge >= 0.3 is 6.09 Å². The molecule has 0 bridgehead atoms. The van der Waals surface area contributed by atoms with Gasteiger partial charge in [-0.25, -0.2) is 4.79 Å². The molecule has 1 amide bonds. The van der Waals surface area contributed by atoms with E-state index in [-0.39, 0.29) is 6.09 Å². The molecule has 0 saturated carbocycles. The number of terminal acetylenes is 1. The maximum absolute atomic E-state index is 12.0. The number of nitrogens with zero attached hydrogens (tertiary/aromatic N) is 2. The van der Waals surface area contributed by atoms with Crippen LogP contribution < -0.4 is 0 Å². The number of rotatable bonds is 3. The summed E-state index contributed by atoms with van der Waals surface area (Å²) in [4.78, 5) is 16.0. The van der Waals surface area contributed by atoms with E-state index in [2.05, 4.69) is 10.8 Å². The molecule has 1 aliphatic heterocycles. The summed E-state index contributed by atoms with van der Waals surface area (Å²) in [5, 5.41) is 0. The number of carbonyl (C=O) groups is 1. The number of ether oxygens (including phenoxy) is 1. The van der Waals surface area contributed by atoms with Crippen molar-refractivity contribution in [2.24, 2.45) is 0 Å². The van der Waals surface area contributed by atoms with E-state index < -0.39 is 0 Å². The van der Waals surface area contributed by atoms with E-state index in [0.29, 0.717) is 19.7 Å². The number of hydrogen-bond donors (Lipinski definition) is 0. The summed E-state index contributed by atoms with van der Waals surface area (Å²) in [6, 6.07) is 9.72. The Bertz CT molecular complexity index is 467. The second kappa shape index (κ2) is 7.56. The Balaban J connectivity index is 1.79. The van der Waals surface area contributed by atoms with E-state index in [9.17, 15) is 4.79 Å². The second-order valence-electron chi connectivity index (χ2n) is 4.86. The summed E-state index contributed by atoms with van der Waals surface area (Å²) in [6.45, 7) is 4.12. The van der Waals surface area contributed by atoms with Crippen LogP contribution in [0.25, 0.3) is 0 Å². The lowest BCUT2D eigenvalue weighted by Gasteiger charge is -2.20. The molecular weight excluding hydrogens is 252 g/mol. The molecule has 1 aromatic carbocycles. The fraction of sp³-hybridized carbons (Fsp3) is 0.438. The van der Waals surface area contributed by atoms with Crippen LogP contribution in [0.1, 0.15) is 12.0 Å². The zero-order valence-corrected chi connectivity index (χ0v) is 11.6. The van der Waals surface area contributed by atoms with Crippen molar-refractivity contribution >= 4 is 6.09 Å². The van der Waals surface area contributed by atoms with Crippen LogP contribution in [-0.2, 0) is 11.3 Å². The van der Waals surface area contributed by atoms with Crippen LogP contribution in [0, 0.1) is 12.3 Å². The van der Waals surface area contributed by atoms with Crippen LogP contribution >= 0.6 is 0 Å². The predicted molar refractivity (Wildman–Crippen MR) is 78.1 cm³/mol. The maximum atomic E-state index is 12.0. The van der Waals surface area contributed by atoms with E-state index in [1.54, 1.807) is 4.90 Å². The molecule has 0 spiro atoms. The molecule has 0 N–H and O–H groups in total. The molecule has 1 aromatic rings. The second-order valence-corrected chi connectivity index (χ2v) is 4.86. The summed E-state index contributed by atoms with van der Waals surface area (Å²) in [6.07, 6.45) is 6.01. The molecule has 0 radical (unpaired) electrons. The molecular formula is C16H20N2O2. The normalized spacial score (nSPS) is 16.2. The molecule has 0 aromatic heterocycles. The third-order valence-electron chi connectivity index (χ3n) is 3.37. The van der Waals surface area contributed by atoms with Crippen molar-refractivity contribution in [3.8, 4) is 12.3 Å². The van der Waals surface area contributed by atoms with Crippen LogP contribution in [-0.4, -0.2) is 48.6 Å². The first kappa shape index (κ1) is 14.4. The van der Waals surface area contributed by atoms with Gasteiger partial charge in [-0.15, -0.1) is 6.42 Å². The molecule has 1 aliphatic rings. The number of hydrogen-bond acceptors (Lipinski definition) is 3. The molecule has 1 heterocycles. The Labute approximate surface area is 120 Å². The van der Waals surface area contributed by atoms with Gasteiger partial charge in [0.25, 0.3) is 0 Å². The highest BCUT2D eigenvalue weighted by Crippen LogP contribution is 2.07. The quantitative estimate of drug-likeness (QED) is 0.789. The van der Waals surface area contributed by atoms with Crippen LogP contribution in [0.2, 0.25) is 0 Å². The topological polar surface area (TPSA) is 32.8 Å².